The number of aromatic nitrogens is 5. The minimum absolute atomic E-state index is 0.00921. The van der Waals surface area contributed by atoms with Gasteiger partial charge in [-0.25, -0.2) is 9.97 Å². The molecule has 6 nitrogen and oxygen atoms in total. The third-order valence-corrected chi connectivity index (χ3v) is 5.24. The molecule has 0 aliphatic rings. The molecule has 0 saturated heterocycles. The van der Waals surface area contributed by atoms with Crippen molar-refractivity contribution in [1.29, 1.82) is 0 Å². The van der Waals surface area contributed by atoms with Crippen LogP contribution < -0.4 is 5.32 Å². The van der Waals surface area contributed by atoms with E-state index in [9.17, 15) is 26.3 Å². The number of fused-ring (bicyclic) bond motifs is 1. The van der Waals surface area contributed by atoms with Gasteiger partial charge in [0.15, 0.2) is 0 Å². The average molecular weight is 500 g/mol. The minimum Gasteiger partial charge on any atom is -0.324 e. The van der Waals surface area contributed by atoms with Crippen molar-refractivity contribution in [2.45, 2.75) is 12.4 Å². The molecule has 0 fully saturated rings. The summed E-state index contributed by atoms with van der Waals surface area (Å²) < 4.78 is 80.5. The Hall–Kier alpha value is -4.48. The van der Waals surface area contributed by atoms with Crippen LogP contribution in [-0.2, 0) is 12.4 Å². The largest absolute Gasteiger partial charge is 0.416 e. The molecular weight excluding hydrogens is 486 g/mol. The molecule has 3 aromatic heterocycles. The first-order valence-electron chi connectivity index (χ1n) is 10.4. The maximum Gasteiger partial charge on any atom is 0.416 e. The summed E-state index contributed by atoms with van der Waals surface area (Å²) in [7, 11) is 0. The van der Waals surface area contributed by atoms with Crippen LogP contribution >= 0.6 is 0 Å². The number of nitrogens with one attached hydrogen (secondary N) is 1. The zero-order chi connectivity index (χ0) is 25.5. The van der Waals surface area contributed by atoms with Crippen molar-refractivity contribution < 1.29 is 26.3 Å². The van der Waals surface area contributed by atoms with E-state index < -0.39 is 23.5 Å². The number of benzene rings is 2. The van der Waals surface area contributed by atoms with E-state index in [1.807, 2.05) is 0 Å². The van der Waals surface area contributed by atoms with Crippen LogP contribution in [-0.4, -0.2) is 24.8 Å². The number of nitrogens with zero attached hydrogens (tertiary/aromatic N) is 5. The van der Waals surface area contributed by atoms with Crippen molar-refractivity contribution in [3.8, 4) is 22.5 Å². The van der Waals surface area contributed by atoms with E-state index in [2.05, 4.69) is 25.5 Å². The van der Waals surface area contributed by atoms with Gasteiger partial charge in [-0.2, -0.15) is 36.1 Å². The number of hydrogen-bond donors (Lipinski definition) is 1. The van der Waals surface area contributed by atoms with Crippen LogP contribution in [0, 0.1) is 0 Å². The third kappa shape index (κ3) is 4.57. The smallest absolute Gasteiger partial charge is 0.324 e. The molecule has 0 saturated carbocycles. The lowest BCUT2D eigenvalue weighted by Crippen LogP contribution is -2.06. The van der Waals surface area contributed by atoms with Gasteiger partial charge >= 0.3 is 12.4 Å². The fourth-order valence-corrected chi connectivity index (χ4v) is 3.65. The van der Waals surface area contributed by atoms with E-state index in [1.54, 1.807) is 12.1 Å². The Morgan fingerprint density at radius 3 is 2.22 bits per heavy atom. The molecule has 0 unspecified atom stereocenters. The van der Waals surface area contributed by atoms with Gasteiger partial charge in [0.1, 0.15) is 5.69 Å². The van der Waals surface area contributed by atoms with Gasteiger partial charge in [0, 0.05) is 23.6 Å². The summed E-state index contributed by atoms with van der Waals surface area (Å²) in [5.74, 6) is -0.00921. The summed E-state index contributed by atoms with van der Waals surface area (Å²) >= 11 is 0. The van der Waals surface area contributed by atoms with Crippen LogP contribution in [0.2, 0.25) is 0 Å². The SMILES string of the molecule is FC(F)(F)c1cccc(Nc2nccc(-c3c(-c4cccc(C(F)(F)F)c4)nn4ncccc34)n2)c1. The lowest BCUT2D eigenvalue weighted by molar-refractivity contribution is -0.138. The third-order valence-electron chi connectivity index (χ3n) is 5.24. The highest BCUT2D eigenvalue weighted by Gasteiger charge is 2.32. The molecule has 36 heavy (non-hydrogen) atoms. The summed E-state index contributed by atoms with van der Waals surface area (Å²) in [6.45, 7) is 0. The molecule has 0 bridgehead atoms. The second-order valence-corrected chi connectivity index (χ2v) is 7.67. The molecule has 182 valence electrons. The van der Waals surface area contributed by atoms with Crippen LogP contribution in [0.25, 0.3) is 28.0 Å². The second kappa shape index (κ2) is 8.63. The van der Waals surface area contributed by atoms with E-state index >= 15 is 0 Å². The van der Waals surface area contributed by atoms with Gasteiger partial charge in [-0.1, -0.05) is 18.2 Å². The predicted molar refractivity (Wildman–Crippen MR) is 119 cm³/mol. The molecular formula is C24H14F6N6. The maximum atomic E-state index is 13.3. The zero-order valence-corrected chi connectivity index (χ0v) is 18.0. The van der Waals surface area contributed by atoms with Crippen molar-refractivity contribution >= 4 is 17.2 Å². The molecule has 2 aromatic carbocycles. The van der Waals surface area contributed by atoms with E-state index in [0.717, 1.165) is 24.3 Å². The molecule has 0 atom stereocenters. The molecule has 0 aliphatic carbocycles. The van der Waals surface area contributed by atoms with Gasteiger partial charge in [0.05, 0.1) is 27.9 Å². The van der Waals surface area contributed by atoms with Gasteiger partial charge in [-0.3, -0.25) is 0 Å². The summed E-state index contributed by atoms with van der Waals surface area (Å²) in [5.41, 5.74) is -0.0448. The first-order chi connectivity index (χ1) is 17.1. The Kier molecular flexibility index (Phi) is 5.58. The first-order valence-corrected chi connectivity index (χ1v) is 10.4. The van der Waals surface area contributed by atoms with E-state index in [4.69, 9.17) is 0 Å². The molecule has 5 rings (SSSR count). The fraction of sp³-hybridized carbons (Fsp3) is 0.0833. The highest BCUT2D eigenvalue weighted by molar-refractivity contribution is 5.90. The lowest BCUT2D eigenvalue weighted by Gasteiger charge is -2.11. The highest BCUT2D eigenvalue weighted by Crippen LogP contribution is 2.37. The fourth-order valence-electron chi connectivity index (χ4n) is 3.65. The number of rotatable bonds is 4. The number of hydrogen-bond acceptors (Lipinski definition) is 5. The number of alkyl halides is 6. The van der Waals surface area contributed by atoms with E-state index in [1.165, 1.54) is 47.4 Å². The Labute approximate surface area is 199 Å². The second-order valence-electron chi connectivity index (χ2n) is 7.67. The van der Waals surface area contributed by atoms with Crippen molar-refractivity contribution in [3.63, 3.8) is 0 Å². The van der Waals surface area contributed by atoms with Gasteiger partial charge in [-0.15, -0.1) is 5.10 Å². The zero-order valence-electron chi connectivity index (χ0n) is 18.0. The first kappa shape index (κ1) is 23.3. The Bertz CT molecular complexity index is 1560. The molecule has 1 N–H and O–H groups in total. The van der Waals surface area contributed by atoms with Gasteiger partial charge < -0.3 is 5.32 Å². The molecule has 0 spiro atoms. The molecule has 12 heteroatoms. The predicted octanol–water partition coefficient (Wildman–Crippen LogP) is 6.63. The van der Waals surface area contributed by atoms with E-state index in [0.29, 0.717) is 11.1 Å². The normalized spacial score (nSPS) is 12.2. The van der Waals surface area contributed by atoms with Crippen molar-refractivity contribution in [2.75, 3.05) is 5.32 Å². The van der Waals surface area contributed by atoms with Gasteiger partial charge in [0.25, 0.3) is 0 Å². The summed E-state index contributed by atoms with van der Waals surface area (Å²) in [4.78, 5) is 8.47. The topological polar surface area (TPSA) is 68.0 Å². The van der Waals surface area contributed by atoms with E-state index in [-0.39, 0.29) is 28.6 Å². The van der Waals surface area contributed by atoms with Crippen LogP contribution in [0.15, 0.2) is 79.1 Å². The maximum absolute atomic E-state index is 13.3. The summed E-state index contributed by atoms with van der Waals surface area (Å²) in [6, 6.07) is 14.1. The van der Waals surface area contributed by atoms with Crippen LogP contribution in [0.5, 0.6) is 0 Å². The van der Waals surface area contributed by atoms with Gasteiger partial charge in [-0.05, 0) is 48.5 Å². The van der Waals surface area contributed by atoms with Crippen molar-refractivity contribution in [3.05, 3.63) is 90.3 Å². The van der Waals surface area contributed by atoms with Gasteiger partial charge in [0.2, 0.25) is 5.95 Å². The lowest BCUT2D eigenvalue weighted by atomic mass is 10.0. The Morgan fingerprint density at radius 2 is 1.47 bits per heavy atom. The number of anilines is 2. The Balaban J connectivity index is 1.60. The van der Waals surface area contributed by atoms with Crippen LogP contribution in [0.1, 0.15) is 11.1 Å². The molecule has 5 aromatic rings. The average Bonchev–Trinajstić information content (AvgIpc) is 3.23. The quantitative estimate of drug-likeness (QED) is 0.281. The molecule has 3 heterocycles. The number of halogens is 6. The van der Waals surface area contributed by atoms with Crippen molar-refractivity contribution in [2.24, 2.45) is 0 Å². The molecule has 0 amide bonds. The molecule has 0 radical (unpaired) electrons. The van der Waals surface area contributed by atoms with Crippen LogP contribution in [0.3, 0.4) is 0 Å². The minimum atomic E-state index is -4.55. The van der Waals surface area contributed by atoms with Crippen molar-refractivity contribution in [1.82, 2.24) is 24.8 Å². The van der Waals surface area contributed by atoms with Crippen LogP contribution in [0.4, 0.5) is 38.0 Å². The highest BCUT2D eigenvalue weighted by atomic mass is 19.4. The standard InChI is InChI=1S/C24H14F6N6/c25-23(26,27)15-5-1-4-14(12-15)21-20(19-8-3-10-32-36(19)35-21)18-9-11-31-22(34-18)33-17-7-2-6-16(13-17)24(28,29)30/h1-13H,(H,31,33,34). The monoisotopic (exact) mass is 500 g/mol. The molecule has 0 aliphatic heterocycles. The summed E-state index contributed by atoms with van der Waals surface area (Å²) in [6.07, 6.45) is -6.22. The summed E-state index contributed by atoms with van der Waals surface area (Å²) in [5, 5.41) is 11.2. The Morgan fingerprint density at radius 1 is 0.750 bits per heavy atom.